The number of fused-ring (bicyclic) bond motifs is 2. The van der Waals surface area contributed by atoms with Gasteiger partial charge in [0.05, 0.1) is 0 Å². The molecule has 1 aromatic carbocycles. The van der Waals surface area contributed by atoms with Gasteiger partial charge < -0.3 is 5.32 Å². The van der Waals surface area contributed by atoms with E-state index in [1.54, 1.807) is 12.1 Å². The Morgan fingerprint density at radius 2 is 2.10 bits per heavy atom. The Kier molecular flexibility index (Phi) is 3.33. The molecule has 1 aromatic rings. The first kappa shape index (κ1) is 13.8. The average molecular weight is 287 g/mol. The van der Waals surface area contributed by atoms with Gasteiger partial charge in [-0.25, -0.2) is 4.39 Å². The first-order chi connectivity index (χ1) is 10.1. The van der Waals surface area contributed by atoms with Crippen molar-refractivity contribution in [2.75, 3.05) is 6.54 Å². The van der Waals surface area contributed by atoms with Gasteiger partial charge in [-0.05, 0) is 86.0 Å². The van der Waals surface area contributed by atoms with Crippen LogP contribution in [0.15, 0.2) is 18.2 Å². The van der Waals surface area contributed by atoms with Crippen LogP contribution in [-0.4, -0.2) is 12.6 Å². The van der Waals surface area contributed by atoms with E-state index in [1.165, 1.54) is 49.7 Å². The van der Waals surface area contributed by atoms with Crippen LogP contribution in [0.25, 0.3) is 0 Å². The molecule has 3 aliphatic rings. The van der Waals surface area contributed by atoms with Gasteiger partial charge in [0, 0.05) is 12.6 Å². The predicted octanol–water partition coefficient (Wildman–Crippen LogP) is 4.24. The minimum atomic E-state index is -0.0796. The Labute approximate surface area is 127 Å². The van der Waals surface area contributed by atoms with E-state index in [1.807, 2.05) is 6.07 Å². The Morgan fingerprint density at radius 1 is 1.24 bits per heavy atom. The van der Waals surface area contributed by atoms with Gasteiger partial charge >= 0.3 is 0 Å². The summed E-state index contributed by atoms with van der Waals surface area (Å²) in [7, 11) is 0. The number of rotatable bonds is 5. The maximum Gasteiger partial charge on any atom is 0.123 e. The molecular weight excluding hydrogens is 261 g/mol. The molecular formula is C19H26FN. The van der Waals surface area contributed by atoms with E-state index in [4.69, 9.17) is 0 Å². The van der Waals surface area contributed by atoms with Gasteiger partial charge in [0.15, 0.2) is 0 Å². The molecule has 0 radical (unpaired) electrons. The van der Waals surface area contributed by atoms with Crippen LogP contribution in [0.1, 0.15) is 49.7 Å². The average Bonchev–Trinajstić information content (AvgIpc) is 3.09. The maximum absolute atomic E-state index is 13.6. The molecule has 0 spiro atoms. The zero-order chi connectivity index (χ0) is 14.4. The van der Waals surface area contributed by atoms with E-state index in [-0.39, 0.29) is 5.82 Å². The van der Waals surface area contributed by atoms with Crippen molar-refractivity contribution in [2.24, 2.45) is 17.3 Å². The van der Waals surface area contributed by atoms with Crippen LogP contribution in [0.4, 0.5) is 4.39 Å². The van der Waals surface area contributed by atoms with Crippen molar-refractivity contribution in [2.45, 2.75) is 57.9 Å². The Balaban J connectivity index is 1.58. The van der Waals surface area contributed by atoms with Gasteiger partial charge in [-0.3, -0.25) is 0 Å². The highest BCUT2D eigenvalue weighted by Gasteiger charge is 2.50. The van der Waals surface area contributed by atoms with Crippen LogP contribution in [0, 0.1) is 30.0 Å². The summed E-state index contributed by atoms with van der Waals surface area (Å²) in [5.41, 5.74) is 2.88. The second-order valence-corrected chi connectivity index (χ2v) is 7.85. The van der Waals surface area contributed by atoms with Gasteiger partial charge in [-0.2, -0.15) is 0 Å². The van der Waals surface area contributed by atoms with Crippen molar-refractivity contribution in [1.82, 2.24) is 5.32 Å². The fourth-order valence-electron chi connectivity index (χ4n) is 4.90. The van der Waals surface area contributed by atoms with Crippen LogP contribution < -0.4 is 5.32 Å². The summed E-state index contributed by atoms with van der Waals surface area (Å²) in [6.07, 6.45) is 9.36. The van der Waals surface area contributed by atoms with Crippen LogP contribution in [-0.2, 0) is 6.42 Å². The molecule has 0 amide bonds. The van der Waals surface area contributed by atoms with E-state index in [9.17, 15) is 4.39 Å². The minimum Gasteiger partial charge on any atom is -0.313 e. The summed E-state index contributed by atoms with van der Waals surface area (Å²) in [5, 5.41) is 3.78. The smallest absolute Gasteiger partial charge is 0.123 e. The molecule has 3 saturated carbocycles. The quantitative estimate of drug-likeness (QED) is 0.854. The van der Waals surface area contributed by atoms with Crippen molar-refractivity contribution in [3.63, 3.8) is 0 Å². The highest BCUT2D eigenvalue weighted by Crippen LogP contribution is 2.57. The number of nitrogens with one attached hydrogen (secondary N) is 1. The third-order valence-electron chi connectivity index (χ3n) is 6.28. The number of halogens is 1. The maximum atomic E-state index is 13.6. The lowest BCUT2D eigenvalue weighted by atomic mass is 9.69. The number of benzene rings is 1. The van der Waals surface area contributed by atoms with E-state index in [0.717, 1.165) is 30.8 Å². The molecule has 2 bridgehead atoms. The molecule has 114 valence electrons. The van der Waals surface area contributed by atoms with Crippen molar-refractivity contribution < 1.29 is 4.39 Å². The summed E-state index contributed by atoms with van der Waals surface area (Å²) >= 11 is 0. The van der Waals surface area contributed by atoms with Crippen molar-refractivity contribution >= 4 is 0 Å². The van der Waals surface area contributed by atoms with Gasteiger partial charge in [-0.1, -0.05) is 12.5 Å². The van der Waals surface area contributed by atoms with Gasteiger partial charge in [0.1, 0.15) is 5.82 Å². The van der Waals surface area contributed by atoms with E-state index < -0.39 is 0 Å². The standard InChI is InChI=1S/C19H26FN/c1-13-2-5-17(20)9-15(13)11-19(12-21-18-6-7-18)10-14-3-4-16(19)8-14/h2,5,9,14,16,18,21H,3-4,6-8,10-12H2,1H3. The van der Waals surface area contributed by atoms with Crippen molar-refractivity contribution in [1.29, 1.82) is 0 Å². The molecule has 1 N–H and O–H groups in total. The lowest BCUT2D eigenvalue weighted by molar-refractivity contribution is 0.155. The van der Waals surface area contributed by atoms with Gasteiger partial charge in [0.25, 0.3) is 0 Å². The molecule has 0 heterocycles. The monoisotopic (exact) mass is 287 g/mol. The normalized spacial score (nSPS) is 34.6. The van der Waals surface area contributed by atoms with E-state index in [2.05, 4.69) is 12.2 Å². The van der Waals surface area contributed by atoms with Crippen LogP contribution in [0.2, 0.25) is 0 Å². The molecule has 3 aliphatic carbocycles. The fraction of sp³-hybridized carbons (Fsp3) is 0.684. The topological polar surface area (TPSA) is 12.0 Å². The summed E-state index contributed by atoms with van der Waals surface area (Å²) in [5.74, 6) is 1.71. The summed E-state index contributed by atoms with van der Waals surface area (Å²) in [6.45, 7) is 3.28. The summed E-state index contributed by atoms with van der Waals surface area (Å²) in [6, 6.07) is 6.09. The molecule has 3 unspecified atom stereocenters. The van der Waals surface area contributed by atoms with Crippen LogP contribution in [0.3, 0.4) is 0 Å². The number of hydrogen-bond acceptors (Lipinski definition) is 1. The Bertz CT molecular complexity index is 536. The SMILES string of the molecule is Cc1ccc(F)cc1CC1(CNC2CC2)CC2CCC1C2. The number of aryl methyl sites for hydroxylation is 1. The number of hydrogen-bond donors (Lipinski definition) is 1. The zero-order valence-corrected chi connectivity index (χ0v) is 13.0. The molecule has 21 heavy (non-hydrogen) atoms. The molecule has 0 aromatic heterocycles. The summed E-state index contributed by atoms with van der Waals surface area (Å²) in [4.78, 5) is 0. The molecule has 4 rings (SSSR count). The Morgan fingerprint density at radius 3 is 2.76 bits per heavy atom. The lowest BCUT2D eigenvalue weighted by Gasteiger charge is -2.39. The second-order valence-electron chi connectivity index (χ2n) is 7.85. The molecule has 0 aliphatic heterocycles. The summed E-state index contributed by atoms with van der Waals surface area (Å²) < 4.78 is 13.6. The Hall–Kier alpha value is -0.890. The largest absolute Gasteiger partial charge is 0.313 e. The zero-order valence-electron chi connectivity index (χ0n) is 13.0. The third-order valence-corrected chi connectivity index (χ3v) is 6.28. The van der Waals surface area contributed by atoms with Crippen molar-refractivity contribution in [3.8, 4) is 0 Å². The van der Waals surface area contributed by atoms with Crippen molar-refractivity contribution in [3.05, 3.63) is 35.1 Å². The molecule has 2 heteroatoms. The molecule has 0 saturated heterocycles. The highest BCUT2D eigenvalue weighted by atomic mass is 19.1. The molecule has 1 nitrogen and oxygen atoms in total. The molecule has 3 atom stereocenters. The van der Waals surface area contributed by atoms with Gasteiger partial charge in [0.2, 0.25) is 0 Å². The minimum absolute atomic E-state index is 0.0796. The third kappa shape index (κ3) is 2.63. The van der Waals surface area contributed by atoms with Crippen LogP contribution >= 0.6 is 0 Å². The van der Waals surface area contributed by atoms with E-state index >= 15 is 0 Å². The lowest BCUT2D eigenvalue weighted by Crippen LogP contribution is -2.41. The highest BCUT2D eigenvalue weighted by molar-refractivity contribution is 5.28. The van der Waals surface area contributed by atoms with Crippen LogP contribution in [0.5, 0.6) is 0 Å². The predicted molar refractivity (Wildman–Crippen MR) is 83.7 cm³/mol. The second kappa shape index (κ2) is 5.08. The van der Waals surface area contributed by atoms with E-state index in [0.29, 0.717) is 5.41 Å². The first-order valence-electron chi connectivity index (χ1n) is 8.63. The van der Waals surface area contributed by atoms with Gasteiger partial charge in [-0.15, -0.1) is 0 Å². The molecule has 3 fully saturated rings. The fourth-order valence-corrected chi connectivity index (χ4v) is 4.90. The first-order valence-corrected chi connectivity index (χ1v) is 8.63.